The molecule has 0 bridgehead atoms. The second kappa shape index (κ2) is 9.05. The molecule has 0 spiro atoms. The molecule has 150 valence electrons. The van der Waals surface area contributed by atoms with E-state index in [0.29, 0.717) is 11.4 Å². The molecule has 0 aliphatic heterocycles. The number of rotatable bonds is 7. The first-order chi connectivity index (χ1) is 14.6. The molecule has 0 aromatic heterocycles. The summed E-state index contributed by atoms with van der Waals surface area (Å²) >= 11 is 0. The first-order valence-corrected chi connectivity index (χ1v) is 9.89. The van der Waals surface area contributed by atoms with Gasteiger partial charge in [-0.05, 0) is 72.5 Å². The first-order valence-electron chi connectivity index (χ1n) is 9.89. The van der Waals surface area contributed by atoms with Crippen molar-refractivity contribution in [3.63, 3.8) is 0 Å². The first kappa shape index (κ1) is 19.4. The van der Waals surface area contributed by atoms with E-state index in [0.717, 1.165) is 35.8 Å². The number of hydrogen-bond donors (Lipinski definition) is 2. The van der Waals surface area contributed by atoms with E-state index < -0.39 is 0 Å². The molecular weight excluding hydrogens is 372 g/mol. The zero-order valence-corrected chi connectivity index (χ0v) is 16.6. The van der Waals surface area contributed by atoms with Gasteiger partial charge in [-0.25, -0.2) is 0 Å². The molecule has 0 saturated carbocycles. The Morgan fingerprint density at radius 1 is 0.467 bits per heavy atom. The van der Waals surface area contributed by atoms with E-state index in [9.17, 15) is 0 Å². The minimum Gasteiger partial charge on any atom is -0.457 e. The van der Waals surface area contributed by atoms with E-state index >= 15 is 0 Å². The molecule has 0 saturated heterocycles. The number of nitrogen functional groups attached to an aromatic ring is 2. The summed E-state index contributed by atoms with van der Waals surface area (Å²) in [5.41, 5.74) is 15.4. The third-order valence-electron chi connectivity index (χ3n) is 4.69. The maximum atomic E-state index is 5.94. The van der Waals surface area contributed by atoms with E-state index in [4.69, 9.17) is 20.9 Å². The van der Waals surface area contributed by atoms with Crippen LogP contribution in [-0.2, 0) is 12.8 Å². The minimum absolute atomic E-state index is 0.684. The van der Waals surface area contributed by atoms with Crippen LogP contribution in [0.15, 0.2) is 97.1 Å². The van der Waals surface area contributed by atoms with Crippen molar-refractivity contribution in [3.05, 3.63) is 108 Å². The maximum absolute atomic E-state index is 5.94. The SMILES string of the molecule is Nc1cccc(Oc2cccc(CCc3cccc(Oc4cccc(N)c4)c3)c2)c1. The number of ether oxygens (including phenoxy) is 2. The molecular formula is C26H24N2O2. The molecule has 4 aromatic rings. The molecule has 0 fully saturated rings. The summed E-state index contributed by atoms with van der Waals surface area (Å²) < 4.78 is 11.9. The van der Waals surface area contributed by atoms with E-state index in [1.165, 1.54) is 11.1 Å². The van der Waals surface area contributed by atoms with Gasteiger partial charge in [-0.15, -0.1) is 0 Å². The lowest BCUT2D eigenvalue weighted by atomic mass is 10.0. The number of aryl methyl sites for hydroxylation is 2. The van der Waals surface area contributed by atoms with E-state index in [-0.39, 0.29) is 0 Å². The fraction of sp³-hybridized carbons (Fsp3) is 0.0769. The van der Waals surface area contributed by atoms with Crippen molar-refractivity contribution in [2.75, 3.05) is 11.5 Å². The molecule has 0 radical (unpaired) electrons. The largest absolute Gasteiger partial charge is 0.457 e. The van der Waals surface area contributed by atoms with Gasteiger partial charge in [0.15, 0.2) is 0 Å². The van der Waals surface area contributed by atoms with E-state index in [1.54, 1.807) is 0 Å². The Bertz CT molecular complexity index is 1050. The molecule has 0 aliphatic rings. The lowest BCUT2D eigenvalue weighted by Crippen LogP contribution is -1.94. The van der Waals surface area contributed by atoms with Crippen LogP contribution in [-0.4, -0.2) is 0 Å². The molecule has 0 unspecified atom stereocenters. The Morgan fingerprint density at radius 3 is 1.23 bits per heavy atom. The summed E-state index contributed by atoms with van der Waals surface area (Å²) in [6.07, 6.45) is 1.80. The second-order valence-corrected chi connectivity index (χ2v) is 7.14. The predicted molar refractivity (Wildman–Crippen MR) is 122 cm³/mol. The van der Waals surface area contributed by atoms with Gasteiger partial charge in [-0.3, -0.25) is 0 Å². The van der Waals surface area contributed by atoms with Gasteiger partial charge in [0.25, 0.3) is 0 Å². The van der Waals surface area contributed by atoms with Crippen molar-refractivity contribution in [3.8, 4) is 23.0 Å². The van der Waals surface area contributed by atoms with Crippen LogP contribution in [0.1, 0.15) is 11.1 Å². The van der Waals surface area contributed by atoms with Crippen LogP contribution < -0.4 is 20.9 Å². The fourth-order valence-corrected chi connectivity index (χ4v) is 3.25. The normalized spacial score (nSPS) is 10.5. The van der Waals surface area contributed by atoms with Crippen LogP contribution in [0.3, 0.4) is 0 Å². The molecule has 0 aliphatic carbocycles. The van der Waals surface area contributed by atoms with Crippen molar-refractivity contribution < 1.29 is 9.47 Å². The Labute approximate surface area is 176 Å². The van der Waals surface area contributed by atoms with Gasteiger partial charge >= 0.3 is 0 Å². The average molecular weight is 396 g/mol. The van der Waals surface area contributed by atoms with Gasteiger partial charge in [-0.1, -0.05) is 36.4 Å². The molecule has 4 N–H and O–H groups in total. The van der Waals surface area contributed by atoms with Gasteiger partial charge in [0, 0.05) is 23.5 Å². The number of benzene rings is 4. The summed E-state index contributed by atoms with van der Waals surface area (Å²) in [6.45, 7) is 0. The number of nitrogens with two attached hydrogens (primary N) is 2. The topological polar surface area (TPSA) is 70.5 Å². The average Bonchev–Trinajstić information content (AvgIpc) is 2.73. The zero-order chi connectivity index (χ0) is 20.8. The summed E-state index contributed by atoms with van der Waals surface area (Å²) in [5.74, 6) is 3.07. The Morgan fingerprint density at radius 2 is 0.833 bits per heavy atom. The van der Waals surface area contributed by atoms with Gasteiger partial charge in [0.2, 0.25) is 0 Å². The smallest absolute Gasteiger partial charge is 0.129 e. The highest BCUT2D eigenvalue weighted by Gasteiger charge is 2.03. The molecule has 0 atom stereocenters. The fourth-order valence-electron chi connectivity index (χ4n) is 3.25. The predicted octanol–water partition coefficient (Wildman–Crippen LogP) is 6.22. The van der Waals surface area contributed by atoms with Crippen molar-refractivity contribution in [1.82, 2.24) is 0 Å². The van der Waals surface area contributed by atoms with Crippen molar-refractivity contribution in [1.29, 1.82) is 0 Å². The van der Waals surface area contributed by atoms with Crippen LogP contribution in [0.5, 0.6) is 23.0 Å². The minimum atomic E-state index is 0.684. The molecule has 4 heteroatoms. The Hall–Kier alpha value is -3.92. The van der Waals surface area contributed by atoms with Gasteiger partial charge < -0.3 is 20.9 Å². The lowest BCUT2D eigenvalue weighted by Gasteiger charge is -2.10. The van der Waals surface area contributed by atoms with Gasteiger partial charge in [-0.2, -0.15) is 0 Å². The number of hydrogen-bond acceptors (Lipinski definition) is 4. The van der Waals surface area contributed by atoms with Crippen molar-refractivity contribution in [2.45, 2.75) is 12.8 Å². The van der Waals surface area contributed by atoms with Crippen LogP contribution in [0.2, 0.25) is 0 Å². The standard InChI is InChI=1S/C26H24N2O2/c27-21-7-3-11-25(17-21)29-23-9-1-5-19(15-23)13-14-20-6-2-10-24(16-20)30-26-12-4-8-22(28)18-26/h1-12,15-18H,13-14,27-28H2. The zero-order valence-electron chi connectivity index (χ0n) is 16.6. The third-order valence-corrected chi connectivity index (χ3v) is 4.69. The Kier molecular flexibility index (Phi) is 5.85. The van der Waals surface area contributed by atoms with Crippen LogP contribution in [0.25, 0.3) is 0 Å². The quantitative estimate of drug-likeness (QED) is 0.364. The monoisotopic (exact) mass is 396 g/mol. The third kappa shape index (κ3) is 5.32. The molecule has 4 nitrogen and oxygen atoms in total. The van der Waals surface area contributed by atoms with E-state index in [1.807, 2.05) is 72.8 Å². The van der Waals surface area contributed by atoms with Crippen molar-refractivity contribution in [2.24, 2.45) is 0 Å². The lowest BCUT2D eigenvalue weighted by molar-refractivity contribution is 0.481. The molecule has 0 heterocycles. The highest BCUT2D eigenvalue weighted by molar-refractivity contribution is 5.46. The molecule has 4 rings (SSSR count). The Balaban J connectivity index is 1.40. The van der Waals surface area contributed by atoms with Crippen molar-refractivity contribution >= 4 is 11.4 Å². The van der Waals surface area contributed by atoms with Crippen LogP contribution >= 0.6 is 0 Å². The highest BCUT2D eigenvalue weighted by atomic mass is 16.5. The number of anilines is 2. The summed E-state index contributed by atoms with van der Waals surface area (Å²) in [4.78, 5) is 0. The van der Waals surface area contributed by atoms with Crippen LogP contribution in [0.4, 0.5) is 11.4 Å². The van der Waals surface area contributed by atoms with Crippen LogP contribution in [0, 0.1) is 0 Å². The highest BCUT2D eigenvalue weighted by Crippen LogP contribution is 2.26. The summed E-state index contributed by atoms with van der Waals surface area (Å²) in [6, 6.07) is 31.2. The second-order valence-electron chi connectivity index (χ2n) is 7.14. The maximum Gasteiger partial charge on any atom is 0.129 e. The summed E-state index contributed by atoms with van der Waals surface area (Å²) in [7, 11) is 0. The molecule has 0 amide bonds. The van der Waals surface area contributed by atoms with E-state index in [2.05, 4.69) is 24.3 Å². The van der Waals surface area contributed by atoms with Gasteiger partial charge in [0.05, 0.1) is 0 Å². The van der Waals surface area contributed by atoms with Gasteiger partial charge in [0.1, 0.15) is 23.0 Å². The molecule has 4 aromatic carbocycles. The summed E-state index contributed by atoms with van der Waals surface area (Å²) in [5, 5.41) is 0. The molecule has 30 heavy (non-hydrogen) atoms.